The van der Waals surface area contributed by atoms with Gasteiger partial charge in [0.25, 0.3) is 0 Å². The Morgan fingerprint density at radius 2 is 1.69 bits per heavy atom. The SMILES string of the molecule is Nc1ncc(-c2ccc(C3(c4c[nH]c5cccnc45)CCC3)cc2)cn1. The Morgan fingerprint density at radius 1 is 0.923 bits per heavy atom. The van der Waals surface area contributed by atoms with E-state index in [9.17, 15) is 0 Å². The van der Waals surface area contributed by atoms with Crippen LogP contribution in [0.25, 0.3) is 22.2 Å². The minimum absolute atomic E-state index is 0.0583. The van der Waals surface area contributed by atoms with Crippen LogP contribution in [0.5, 0.6) is 0 Å². The van der Waals surface area contributed by atoms with Gasteiger partial charge in [-0.2, -0.15) is 0 Å². The van der Waals surface area contributed by atoms with Crippen LogP contribution < -0.4 is 5.73 Å². The lowest BCUT2D eigenvalue weighted by Crippen LogP contribution is -2.35. The van der Waals surface area contributed by atoms with E-state index >= 15 is 0 Å². The summed E-state index contributed by atoms with van der Waals surface area (Å²) in [6.07, 6.45) is 11.1. The van der Waals surface area contributed by atoms with E-state index in [4.69, 9.17) is 5.73 Å². The van der Waals surface area contributed by atoms with Gasteiger partial charge in [-0.25, -0.2) is 9.97 Å². The number of pyridine rings is 1. The number of fused-ring (bicyclic) bond motifs is 1. The van der Waals surface area contributed by atoms with Crippen molar-refractivity contribution in [1.29, 1.82) is 0 Å². The van der Waals surface area contributed by atoms with E-state index in [1.54, 1.807) is 12.4 Å². The maximum atomic E-state index is 5.58. The Bertz CT molecular complexity index is 1060. The summed E-state index contributed by atoms with van der Waals surface area (Å²) < 4.78 is 0. The summed E-state index contributed by atoms with van der Waals surface area (Å²) in [5.41, 5.74) is 12.5. The first-order valence-electron chi connectivity index (χ1n) is 8.87. The highest BCUT2D eigenvalue weighted by atomic mass is 15.0. The zero-order chi connectivity index (χ0) is 17.6. The second-order valence-electron chi connectivity index (χ2n) is 6.94. The minimum atomic E-state index is 0.0583. The van der Waals surface area contributed by atoms with Crippen molar-refractivity contribution in [1.82, 2.24) is 19.9 Å². The molecule has 0 atom stereocenters. The first-order valence-corrected chi connectivity index (χ1v) is 8.87. The van der Waals surface area contributed by atoms with Crippen LogP contribution in [0.2, 0.25) is 0 Å². The summed E-state index contributed by atoms with van der Waals surface area (Å²) >= 11 is 0. The molecule has 1 aliphatic carbocycles. The quantitative estimate of drug-likeness (QED) is 0.588. The predicted molar refractivity (Wildman–Crippen MR) is 103 cm³/mol. The van der Waals surface area contributed by atoms with Gasteiger partial charge < -0.3 is 10.7 Å². The minimum Gasteiger partial charge on any atom is -0.368 e. The van der Waals surface area contributed by atoms with Crippen LogP contribution in [0.15, 0.2) is 61.2 Å². The molecule has 0 radical (unpaired) electrons. The lowest BCUT2D eigenvalue weighted by atomic mass is 9.61. The number of hydrogen-bond acceptors (Lipinski definition) is 4. The number of nitrogens with two attached hydrogens (primary N) is 1. The van der Waals surface area contributed by atoms with E-state index in [-0.39, 0.29) is 5.41 Å². The average molecular weight is 341 g/mol. The molecule has 0 spiro atoms. The molecule has 4 aromatic rings. The number of nitrogens with one attached hydrogen (secondary N) is 1. The Labute approximate surface area is 151 Å². The molecule has 1 aliphatic rings. The highest BCUT2D eigenvalue weighted by molar-refractivity contribution is 5.81. The highest BCUT2D eigenvalue weighted by Gasteiger charge is 2.42. The van der Waals surface area contributed by atoms with Gasteiger partial charge in [-0.1, -0.05) is 30.7 Å². The van der Waals surface area contributed by atoms with Gasteiger partial charge in [-0.3, -0.25) is 4.98 Å². The largest absolute Gasteiger partial charge is 0.368 e. The van der Waals surface area contributed by atoms with Gasteiger partial charge in [0.05, 0.1) is 11.0 Å². The second kappa shape index (κ2) is 5.66. The number of aromatic amines is 1. The van der Waals surface area contributed by atoms with Crippen LogP contribution in [0.1, 0.15) is 30.4 Å². The van der Waals surface area contributed by atoms with Crippen molar-refractivity contribution in [3.05, 3.63) is 72.3 Å². The third-order valence-electron chi connectivity index (χ3n) is 5.60. The molecule has 3 heterocycles. The molecule has 1 saturated carbocycles. The Morgan fingerprint density at radius 3 is 2.38 bits per heavy atom. The number of anilines is 1. The van der Waals surface area contributed by atoms with Gasteiger partial charge in [0.1, 0.15) is 0 Å². The van der Waals surface area contributed by atoms with E-state index in [1.807, 2.05) is 12.3 Å². The van der Waals surface area contributed by atoms with Crippen molar-refractivity contribution in [3.63, 3.8) is 0 Å². The third kappa shape index (κ3) is 2.20. The third-order valence-corrected chi connectivity index (χ3v) is 5.60. The molecule has 26 heavy (non-hydrogen) atoms. The van der Waals surface area contributed by atoms with Gasteiger partial charge in [0.2, 0.25) is 5.95 Å². The molecule has 0 amide bonds. The summed E-state index contributed by atoms with van der Waals surface area (Å²) in [6.45, 7) is 0. The van der Waals surface area contributed by atoms with E-state index in [1.165, 1.54) is 17.5 Å². The zero-order valence-electron chi connectivity index (χ0n) is 14.3. The van der Waals surface area contributed by atoms with E-state index < -0.39 is 0 Å². The summed E-state index contributed by atoms with van der Waals surface area (Å²) in [7, 11) is 0. The monoisotopic (exact) mass is 341 g/mol. The normalized spacial score (nSPS) is 15.7. The topological polar surface area (TPSA) is 80.5 Å². The van der Waals surface area contributed by atoms with Gasteiger partial charge in [0, 0.05) is 41.3 Å². The Kier molecular flexibility index (Phi) is 3.28. The number of aromatic nitrogens is 4. The molecule has 3 N–H and O–H groups in total. The first kappa shape index (κ1) is 15.1. The fraction of sp³-hybridized carbons (Fsp3) is 0.190. The average Bonchev–Trinajstić information content (AvgIpc) is 3.07. The van der Waals surface area contributed by atoms with Crippen molar-refractivity contribution in [2.45, 2.75) is 24.7 Å². The van der Waals surface area contributed by atoms with Crippen LogP contribution in [0.3, 0.4) is 0 Å². The molecule has 5 heteroatoms. The van der Waals surface area contributed by atoms with Gasteiger partial charge in [-0.15, -0.1) is 0 Å². The second-order valence-corrected chi connectivity index (χ2v) is 6.94. The van der Waals surface area contributed by atoms with Crippen molar-refractivity contribution >= 4 is 17.0 Å². The van der Waals surface area contributed by atoms with Gasteiger partial charge >= 0.3 is 0 Å². The van der Waals surface area contributed by atoms with Gasteiger partial charge in [0.15, 0.2) is 0 Å². The Balaban J connectivity index is 1.56. The van der Waals surface area contributed by atoms with Crippen molar-refractivity contribution < 1.29 is 0 Å². The number of rotatable bonds is 3. The maximum Gasteiger partial charge on any atom is 0.219 e. The fourth-order valence-electron chi connectivity index (χ4n) is 4.03. The van der Waals surface area contributed by atoms with E-state index in [0.29, 0.717) is 5.95 Å². The molecule has 0 aliphatic heterocycles. The standard InChI is InChI=1S/C21H19N5/c22-20-25-11-15(12-26-20)14-4-6-16(7-5-14)21(8-2-9-21)17-13-24-18-3-1-10-23-19(17)18/h1,3-7,10-13,24H,2,8-9H2,(H2,22,25,26). The summed E-state index contributed by atoms with van der Waals surface area (Å²) in [5, 5.41) is 0. The number of hydrogen-bond donors (Lipinski definition) is 2. The smallest absolute Gasteiger partial charge is 0.219 e. The summed E-state index contributed by atoms with van der Waals surface area (Å²) in [6, 6.07) is 12.8. The molecule has 1 aromatic carbocycles. The number of nitrogens with zero attached hydrogens (tertiary/aromatic N) is 3. The van der Waals surface area contributed by atoms with Crippen LogP contribution in [0, 0.1) is 0 Å². The molecule has 0 bridgehead atoms. The molecule has 1 fully saturated rings. The molecule has 0 saturated heterocycles. The molecule has 5 rings (SSSR count). The van der Waals surface area contributed by atoms with E-state index in [0.717, 1.165) is 35.0 Å². The van der Waals surface area contributed by atoms with Crippen LogP contribution >= 0.6 is 0 Å². The number of benzene rings is 1. The van der Waals surface area contributed by atoms with Crippen molar-refractivity contribution in [2.24, 2.45) is 0 Å². The predicted octanol–water partition coefficient (Wildman–Crippen LogP) is 4.07. The van der Waals surface area contributed by atoms with Crippen molar-refractivity contribution in [3.8, 4) is 11.1 Å². The molecule has 3 aromatic heterocycles. The molecule has 128 valence electrons. The number of H-pyrrole nitrogens is 1. The lowest BCUT2D eigenvalue weighted by molar-refractivity contribution is 0.303. The summed E-state index contributed by atoms with van der Waals surface area (Å²) in [4.78, 5) is 16.2. The fourth-order valence-corrected chi connectivity index (χ4v) is 4.03. The van der Waals surface area contributed by atoms with Crippen LogP contribution in [0.4, 0.5) is 5.95 Å². The van der Waals surface area contributed by atoms with Crippen molar-refractivity contribution in [2.75, 3.05) is 5.73 Å². The zero-order valence-corrected chi connectivity index (χ0v) is 14.3. The lowest BCUT2D eigenvalue weighted by Gasteiger charge is -2.42. The maximum absolute atomic E-state index is 5.58. The molecular formula is C21H19N5. The van der Waals surface area contributed by atoms with Crippen LogP contribution in [-0.2, 0) is 5.41 Å². The van der Waals surface area contributed by atoms with Crippen LogP contribution in [-0.4, -0.2) is 19.9 Å². The Hall–Kier alpha value is -3.21. The molecular weight excluding hydrogens is 322 g/mol. The first-order chi connectivity index (χ1) is 12.8. The number of nitrogen functional groups attached to an aromatic ring is 1. The van der Waals surface area contributed by atoms with E-state index in [2.05, 4.69) is 56.5 Å². The molecule has 0 unspecified atom stereocenters. The van der Waals surface area contributed by atoms with Gasteiger partial charge in [-0.05, 0) is 36.1 Å². The molecule has 5 nitrogen and oxygen atoms in total. The summed E-state index contributed by atoms with van der Waals surface area (Å²) in [5.74, 6) is 0.297. The highest BCUT2D eigenvalue weighted by Crippen LogP contribution is 2.50.